The summed E-state index contributed by atoms with van der Waals surface area (Å²) in [5, 5.41) is 13.3. The van der Waals surface area contributed by atoms with Crippen LogP contribution in [0, 0.1) is 5.92 Å². The minimum Gasteiger partial charge on any atom is -0.392 e. The van der Waals surface area contributed by atoms with Gasteiger partial charge < -0.3 is 15.3 Å². The van der Waals surface area contributed by atoms with Crippen molar-refractivity contribution in [2.75, 3.05) is 26.2 Å². The highest BCUT2D eigenvalue weighted by molar-refractivity contribution is 4.76. The minimum atomic E-state index is -0.203. The Bertz CT molecular complexity index is 185. The van der Waals surface area contributed by atoms with Crippen LogP contribution in [0.1, 0.15) is 40.0 Å². The second kappa shape index (κ2) is 7.25. The third-order valence-electron chi connectivity index (χ3n) is 3.65. The molecule has 16 heavy (non-hydrogen) atoms. The SMILES string of the molecule is CCN1CCCC(NCC(O)C(C)C)CC1. The third kappa shape index (κ3) is 4.81. The lowest BCUT2D eigenvalue weighted by Crippen LogP contribution is -2.38. The number of hydrogen-bond acceptors (Lipinski definition) is 3. The maximum absolute atomic E-state index is 9.75. The van der Waals surface area contributed by atoms with Gasteiger partial charge in [0.1, 0.15) is 0 Å². The zero-order valence-corrected chi connectivity index (χ0v) is 11.1. The van der Waals surface area contributed by atoms with Crippen LogP contribution in [0.4, 0.5) is 0 Å². The van der Waals surface area contributed by atoms with Gasteiger partial charge in [-0.3, -0.25) is 0 Å². The molecule has 1 aliphatic rings. The number of aliphatic hydroxyl groups excluding tert-OH is 1. The van der Waals surface area contributed by atoms with Gasteiger partial charge in [0.2, 0.25) is 0 Å². The molecule has 1 rings (SSSR count). The number of likely N-dealkylation sites (tertiary alicyclic amines) is 1. The number of aliphatic hydroxyl groups is 1. The molecule has 0 bridgehead atoms. The van der Waals surface area contributed by atoms with Crippen LogP contribution >= 0.6 is 0 Å². The topological polar surface area (TPSA) is 35.5 Å². The van der Waals surface area contributed by atoms with Crippen LogP contribution in [0.15, 0.2) is 0 Å². The van der Waals surface area contributed by atoms with Gasteiger partial charge in [-0.2, -0.15) is 0 Å². The summed E-state index contributed by atoms with van der Waals surface area (Å²) in [6.07, 6.45) is 3.55. The molecule has 0 aromatic rings. The molecule has 3 heteroatoms. The highest BCUT2D eigenvalue weighted by Crippen LogP contribution is 2.11. The van der Waals surface area contributed by atoms with E-state index in [4.69, 9.17) is 0 Å². The van der Waals surface area contributed by atoms with E-state index in [1.54, 1.807) is 0 Å². The normalized spacial score (nSPS) is 25.7. The van der Waals surface area contributed by atoms with E-state index in [2.05, 4.69) is 31.0 Å². The molecule has 2 N–H and O–H groups in total. The van der Waals surface area contributed by atoms with Gasteiger partial charge in [0.25, 0.3) is 0 Å². The van der Waals surface area contributed by atoms with Gasteiger partial charge in [0.15, 0.2) is 0 Å². The molecule has 1 aliphatic heterocycles. The van der Waals surface area contributed by atoms with Crippen molar-refractivity contribution in [1.29, 1.82) is 0 Å². The van der Waals surface area contributed by atoms with E-state index in [-0.39, 0.29) is 6.10 Å². The molecule has 0 aromatic carbocycles. The van der Waals surface area contributed by atoms with Crippen molar-refractivity contribution in [3.8, 4) is 0 Å². The number of rotatable bonds is 5. The molecule has 1 heterocycles. The molecule has 0 spiro atoms. The monoisotopic (exact) mass is 228 g/mol. The van der Waals surface area contributed by atoms with Gasteiger partial charge in [-0.1, -0.05) is 20.8 Å². The lowest BCUT2D eigenvalue weighted by Gasteiger charge is -2.21. The van der Waals surface area contributed by atoms with Crippen molar-refractivity contribution in [2.24, 2.45) is 5.92 Å². The summed E-state index contributed by atoms with van der Waals surface area (Å²) >= 11 is 0. The van der Waals surface area contributed by atoms with Gasteiger partial charge in [0.05, 0.1) is 6.10 Å². The minimum absolute atomic E-state index is 0.203. The Morgan fingerprint density at radius 1 is 1.31 bits per heavy atom. The number of nitrogens with zero attached hydrogens (tertiary/aromatic N) is 1. The van der Waals surface area contributed by atoms with E-state index in [0.29, 0.717) is 12.0 Å². The number of hydrogen-bond donors (Lipinski definition) is 2. The molecule has 0 amide bonds. The Labute approximate surface area is 100 Å². The van der Waals surface area contributed by atoms with Gasteiger partial charge in [-0.15, -0.1) is 0 Å². The Hall–Kier alpha value is -0.120. The maximum Gasteiger partial charge on any atom is 0.0687 e. The first kappa shape index (κ1) is 13.9. The van der Waals surface area contributed by atoms with Crippen LogP contribution in [0.3, 0.4) is 0 Å². The van der Waals surface area contributed by atoms with Crippen molar-refractivity contribution < 1.29 is 5.11 Å². The Morgan fingerprint density at radius 2 is 2.06 bits per heavy atom. The van der Waals surface area contributed by atoms with Crippen LogP contribution in [-0.2, 0) is 0 Å². The molecule has 0 aromatic heterocycles. The molecule has 0 aliphatic carbocycles. The molecule has 2 unspecified atom stereocenters. The third-order valence-corrected chi connectivity index (χ3v) is 3.65. The van der Waals surface area contributed by atoms with E-state index in [9.17, 15) is 5.11 Å². The summed E-state index contributed by atoms with van der Waals surface area (Å²) in [7, 11) is 0. The molecule has 0 radical (unpaired) electrons. The van der Waals surface area contributed by atoms with E-state index >= 15 is 0 Å². The first-order chi connectivity index (χ1) is 7.63. The Balaban J connectivity index is 2.22. The molecular formula is C13H28N2O. The highest BCUT2D eigenvalue weighted by atomic mass is 16.3. The van der Waals surface area contributed by atoms with Gasteiger partial charge in [-0.05, 0) is 44.8 Å². The lowest BCUT2D eigenvalue weighted by molar-refractivity contribution is 0.119. The van der Waals surface area contributed by atoms with E-state index < -0.39 is 0 Å². The summed E-state index contributed by atoms with van der Waals surface area (Å²) in [4.78, 5) is 2.51. The molecule has 1 saturated heterocycles. The zero-order chi connectivity index (χ0) is 12.0. The molecule has 0 saturated carbocycles. The van der Waals surface area contributed by atoms with Crippen LogP contribution in [0.2, 0.25) is 0 Å². The van der Waals surface area contributed by atoms with Crippen molar-refractivity contribution >= 4 is 0 Å². The predicted octanol–water partition coefficient (Wildman–Crippen LogP) is 1.47. The lowest BCUT2D eigenvalue weighted by atomic mass is 10.1. The van der Waals surface area contributed by atoms with Crippen molar-refractivity contribution in [3.63, 3.8) is 0 Å². The predicted molar refractivity (Wildman–Crippen MR) is 68.6 cm³/mol. The summed E-state index contributed by atoms with van der Waals surface area (Å²) in [5.41, 5.74) is 0. The standard InChI is InChI=1S/C13H28N2O/c1-4-15-8-5-6-12(7-9-15)14-10-13(16)11(2)3/h11-14,16H,4-10H2,1-3H3. The van der Waals surface area contributed by atoms with Crippen LogP contribution in [-0.4, -0.2) is 48.3 Å². The van der Waals surface area contributed by atoms with Gasteiger partial charge in [0, 0.05) is 12.6 Å². The van der Waals surface area contributed by atoms with Crippen LogP contribution in [0.25, 0.3) is 0 Å². The second-order valence-corrected chi connectivity index (χ2v) is 5.28. The average molecular weight is 228 g/mol. The first-order valence-electron chi connectivity index (χ1n) is 6.77. The molecule has 96 valence electrons. The molecule has 1 fully saturated rings. The maximum atomic E-state index is 9.75. The van der Waals surface area contributed by atoms with Crippen LogP contribution in [0.5, 0.6) is 0 Å². The van der Waals surface area contributed by atoms with Gasteiger partial charge >= 0.3 is 0 Å². The summed E-state index contributed by atoms with van der Waals surface area (Å²) in [6, 6.07) is 0.602. The molecule has 3 nitrogen and oxygen atoms in total. The molecular weight excluding hydrogens is 200 g/mol. The Kier molecular flexibility index (Phi) is 6.32. The highest BCUT2D eigenvalue weighted by Gasteiger charge is 2.17. The summed E-state index contributed by atoms with van der Waals surface area (Å²) < 4.78 is 0. The Morgan fingerprint density at radius 3 is 2.69 bits per heavy atom. The fraction of sp³-hybridized carbons (Fsp3) is 1.00. The summed E-state index contributed by atoms with van der Waals surface area (Å²) in [6.45, 7) is 10.7. The fourth-order valence-electron chi connectivity index (χ4n) is 2.20. The van der Waals surface area contributed by atoms with Crippen LogP contribution < -0.4 is 5.32 Å². The fourth-order valence-corrected chi connectivity index (χ4v) is 2.20. The average Bonchev–Trinajstić information content (AvgIpc) is 2.50. The number of nitrogens with one attached hydrogen (secondary N) is 1. The largest absolute Gasteiger partial charge is 0.392 e. The van der Waals surface area contributed by atoms with Crippen molar-refractivity contribution in [2.45, 2.75) is 52.2 Å². The van der Waals surface area contributed by atoms with Gasteiger partial charge in [-0.25, -0.2) is 0 Å². The van der Waals surface area contributed by atoms with Crippen molar-refractivity contribution in [1.82, 2.24) is 10.2 Å². The van der Waals surface area contributed by atoms with E-state index in [1.807, 2.05) is 0 Å². The molecule has 2 atom stereocenters. The van der Waals surface area contributed by atoms with E-state index in [1.165, 1.54) is 38.9 Å². The second-order valence-electron chi connectivity index (χ2n) is 5.28. The summed E-state index contributed by atoms with van der Waals surface area (Å²) in [5.74, 6) is 0.352. The quantitative estimate of drug-likeness (QED) is 0.748. The smallest absolute Gasteiger partial charge is 0.0687 e. The van der Waals surface area contributed by atoms with Crippen molar-refractivity contribution in [3.05, 3.63) is 0 Å². The first-order valence-corrected chi connectivity index (χ1v) is 6.77. The van der Waals surface area contributed by atoms with E-state index in [0.717, 1.165) is 6.54 Å². The zero-order valence-electron chi connectivity index (χ0n) is 11.1.